The summed E-state index contributed by atoms with van der Waals surface area (Å²) in [5.41, 5.74) is 1.69. The van der Waals surface area contributed by atoms with Crippen LogP contribution in [-0.2, 0) is 10.0 Å². The van der Waals surface area contributed by atoms with Gasteiger partial charge in [-0.25, -0.2) is 18.1 Å². The van der Waals surface area contributed by atoms with Crippen molar-refractivity contribution in [2.75, 3.05) is 24.7 Å². The monoisotopic (exact) mass is 258 g/mol. The third-order valence-electron chi connectivity index (χ3n) is 2.09. The summed E-state index contributed by atoms with van der Waals surface area (Å²) in [6.45, 7) is 4.83. The van der Waals surface area contributed by atoms with Gasteiger partial charge < -0.3 is 5.32 Å². The zero-order valence-corrected chi connectivity index (χ0v) is 11.1. The van der Waals surface area contributed by atoms with Crippen molar-refractivity contribution in [1.29, 1.82) is 0 Å². The molecule has 0 saturated heterocycles. The van der Waals surface area contributed by atoms with Gasteiger partial charge in [0.05, 0.1) is 17.6 Å². The Bertz CT molecular complexity index is 473. The fourth-order valence-electron chi connectivity index (χ4n) is 1.26. The van der Waals surface area contributed by atoms with Crippen molar-refractivity contribution in [2.24, 2.45) is 0 Å². The average molecular weight is 258 g/mol. The van der Waals surface area contributed by atoms with E-state index < -0.39 is 10.0 Å². The van der Waals surface area contributed by atoms with Gasteiger partial charge in [-0.2, -0.15) is 0 Å². The fraction of sp³-hybridized carbons (Fsp3) is 0.600. The van der Waals surface area contributed by atoms with E-state index in [1.165, 1.54) is 0 Å². The molecule has 0 radical (unpaired) electrons. The lowest BCUT2D eigenvalue weighted by molar-refractivity contribution is 0.586. The summed E-state index contributed by atoms with van der Waals surface area (Å²) >= 11 is 0. The summed E-state index contributed by atoms with van der Waals surface area (Å²) in [6.07, 6.45) is 3.56. The molecule has 1 heterocycles. The number of aromatic nitrogens is 2. The van der Waals surface area contributed by atoms with Gasteiger partial charge in [0.25, 0.3) is 0 Å². The molecule has 0 amide bonds. The Morgan fingerprint density at radius 3 is 2.65 bits per heavy atom. The van der Waals surface area contributed by atoms with E-state index in [0.29, 0.717) is 19.5 Å². The Morgan fingerprint density at radius 1 is 1.29 bits per heavy atom. The van der Waals surface area contributed by atoms with E-state index in [2.05, 4.69) is 20.0 Å². The molecule has 0 aliphatic rings. The predicted molar refractivity (Wildman–Crippen MR) is 67.5 cm³/mol. The predicted octanol–water partition coefficient (Wildman–Crippen LogP) is 0.445. The molecule has 0 aliphatic carbocycles. The van der Waals surface area contributed by atoms with Crippen LogP contribution in [0.4, 0.5) is 5.82 Å². The summed E-state index contributed by atoms with van der Waals surface area (Å²) in [5.74, 6) is 0.754. The van der Waals surface area contributed by atoms with Crippen LogP contribution in [0.5, 0.6) is 0 Å². The topological polar surface area (TPSA) is 84.0 Å². The zero-order chi connectivity index (χ0) is 12.9. The zero-order valence-electron chi connectivity index (χ0n) is 10.3. The smallest absolute Gasteiger partial charge is 0.208 e. The number of nitrogens with zero attached hydrogens (tertiary/aromatic N) is 2. The van der Waals surface area contributed by atoms with Gasteiger partial charge in [0.15, 0.2) is 0 Å². The van der Waals surface area contributed by atoms with Crippen molar-refractivity contribution < 1.29 is 8.42 Å². The van der Waals surface area contributed by atoms with Gasteiger partial charge in [-0.1, -0.05) is 0 Å². The third-order valence-corrected chi connectivity index (χ3v) is 2.81. The Balaban J connectivity index is 2.34. The van der Waals surface area contributed by atoms with Crippen molar-refractivity contribution in [3.63, 3.8) is 0 Å². The molecule has 2 N–H and O–H groups in total. The van der Waals surface area contributed by atoms with E-state index in [0.717, 1.165) is 23.5 Å². The van der Waals surface area contributed by atoms with Gasteiger partial charge in [-0.05, 0) is 20.3 Å². The molecule has 1 aromatic rings. The SMILES string of the molecule is Cc1cnc(C)c(NCCCNS(C)(=O)=O)n1. The average Bonchev–Trinajstić information content (AvgIpc) is 2.21. The normalized spacial score (nSPS) is 11.5. The number of hydrogen-bond donors (Lipinski definition) is 2. The molecule has 0 atom stereocenters. The van der Waals surface area contributed by atoms with Gasteiger partial charge in [-0.3, -0.25) is 4.98 Å². The quantitative estimate of drug-likeness (QED) is 0.724. The maximum Gasteiger partial charge on any atom is 0.208 e. The van der Waals surface area contributed by atoms with Crippen molar-refractivity contribution in [2.45, 2.75) is 20.3 Å². The van der Waals surface area contributed by atoms with E-state index in [-0.39, 0.29) is 0 Å². The molecule has 7 heteroatoms. The van der Waals surface area contributed by atoms with E-state index in [1.54, 1.807) is 6.20 Å². The number of sulfonamides is 1. The first-order valence-corrected chi connectivity index (χ1v) is 7.26. The van der Waals surface area contributed by atoms with Gasteiger partial charge in [-0.15, -0.1) is 0 Å². The lowest BCUT2D eigenvalue weighted by Crippen LogP contribution is -2.24. The molecule has 0 unspecified atom stereocenters. The second kappa shape index (κ2) is 5.92. The minimum atomic E-state index is -3.09. The van der Waals surface area contributed by atoms with Crippen LogP contribution < -0.4 is 10.0 Å². The second-order valence-corrected chi connectivity index (χ2v) is 5.73. The molecular formula is C10H18N4O2S. The molecule has 0 saturated carbocycles. The largest absolute Gasteiger partial charge is 0.369 e. The van der Waals surface area contributed by atoms with Crippen molar-refractivity contribution in [1.82, 2.24) is 14.7 Å². The summed E-state index contributed by atoms with van der Waals surface area (Å²) in [6, 6.07) is 0. The van der Waals surface area contributed by atoms with Crippen LogP contribution >= 0.6 is 0 Å². The highest BCUT2D eigenvalue weighted by molar-refractivity contribution is 7.88. The Hall–Kier alpha value is -1.21. The molecular weight excluding hydrogens is 240 g/mol. The number of rotatable bonds is 6. The molecule has 0 spiro atoms. The molecule has 0 aromatic carbocycles. The van der Waals surface area contributed by atoms with Gasteiger partial charge in [0.2, 0.25) is 10.0 Å². The minimum Gasteiger partial charge on any atom is -0.369 e. The highest BCUT2D eigenvalue weighted by Crippen LogP contribution is 2.07. The van der Waals surface area contributed by atoms with E-state index in [4.69, 9.17) is 0 Å². The molecule has 0 aliphatic heterocycles. The molecule has 0 fully saturated rings. The standard InChI is InChI=1S/C10H18N4O2S/c1-8-7-12-9(2)10(14-8)11-5-4-6-13-17(3,15)16/h7,13H,4-6H2,1-3H3,(H,11,14). The molecule has 1 rings (SSSR count). The van der Waals surface area contributed by atoms with E-state index in [9.17, 15) is 8.42 Å². The summed E-state index contributed by atoms with van der Waals surface area (Å²) in [5, 5.41) is 3.13. The van der Waals surface area contributed by atoms with Crippen LogP contribution in [0.15, 0.2) is 6.20 Å². The Labute approximate surface area is 102 Å². The lowest BCUT2D eigenvalue weighted by Gasteiger charge is -2.08. The molecule has 96 valence electrons. The third kappa shape index (κ3) is 5.60. The number of hydrogen-bond acceptors (Lipinski definition) is 5. The maximum absolute atomic E-state index is 10.8. The van der Waals surface area contributed by atoms with Crippen molar-refractivity contribution >= 4 is 15.8 Å². The maximum atomic E-state index is 10.8. The van der Waals surface area contributed by atoms with Crippen LogP contribution in [0, 0.1) is 13.8 Å². The van der Waals surface area contributed by atoms with Crippen LogP contribution in [-0.4, -0.2) is 37.7 Å². The van der Waals surface area contributed by atoms with Gasteiger partial charge in [0.1, 0.15) is 5.82 Å². The second-order valence-electron chi connectivity index (χ2n) is 3.89. The molecule has 1 aromatic heterocycles. The summed E-state index contributed by atoms with van der Waals surface area (Å²) in [4.78, 5) is 8.49. The Kier molecular flexibility index (Phi) is 4.83. The lowest BCUT2D eigenvalue weighted by atomic mass is 10.4. The Morgan fingerprint density at radius 2 is 2.00 bits per heavy atom. The van der Waals surface area contributed by atoms with Gasteiger partial charge in [0, 0.05) is 19.3 Å². The van der Waals surface area contributed by atoms with E-state index >= 15 is 0 Å². The van der Waals surface area contributed by atoms with Crippen molar-refractivity contribution in [3.8, 4) is 0 Å². The van der Waals surface area contributed by atoms with Gasteiger partial charge >= 0.3 is 0 Å². The fourth-order valence-corrected chi connectivity index (χ4v) is 1.77. The number of anilines is 1. The van der Waals surface area contributed by atoms with Crippen LogP contribution in [0.2, 0.25) is 0 Å². The first-order chi connectivity index (χ1) is 7.88. The van der Waals surface area contributed by atoms with Crippen molar-refractivity contribution in [3.05, 3.63) is 17.6 Å². The number of nitrogens with one attached hydrogen (secondary N) is 2. The van der Waals surface area contributed by atoms with Crippen LogP contribution in [0.3, 0.4) is 0 Å². The molecule has 0 bridgehead atoms. The molecule has 6 nitrogen and oxygen atoms in total. The molecule has 17 heavy (non-hydrogen) atoms. The number of aryl methyl sites for hydroxylation is 2. The van der Waals surface area contributed by atoms with Crippen LogP contribution in [0.1, 0.15) is 17.8 Å². The highest BCUT2D eigenvalue weighted by Gasteiger charge is 2.02. The highest BCUT2D eigenvalue weighted by atomic mass is 32.2. The summed E-state index contributed by atoms with van der Waals surface area (Å²) in [7, 11) is -3.09. The minimum absolute atomic E-state index is 0.421. The first-order valence-electron chi connectivity index (χ1n) is 5.37. The van der Waals surface area contributed by atoms with E-state index in [1.807, 2.05) is 13.8 Å². The first kappa shape index (κ1) is 13.9. The van der Waals surface area contributed by atoms with Crippen LogP contribution in [0.25, 0.3) is 0 Å². The summed E-state index contributed by atoms with van der Waals surface area (Å²) < 4.78 is 24.0.